The van der Waals surface area contributed by atoms with Gasteiger partial charge in [0.2, 0.25) is 6.41 Å². The van der Waals surface area contributed by atoms with Crippen molar-refractivity contribution < 1.29 is 14.0 Å². The zero-order valence-corrected chi connectivity index (χ0v) is 17.1. The molecule has 2 fully saturated rings. The summed E-state index contributed by atoms with van der Waals surface area (Å²) in [6, 6.07) is 7.96. The second-order valence-electron chi connectivity index (χ2n) is 7.80. The Morgan fingerprint density at radius 3 is 2.52 bits per heavy atom. The average molecular weight is 398 g/mol. The summed E-state index contributed by atoms with van der Waals surface area (Å²) < 4.78 is 13.4. The molecule has 0 saturated carbocycles. The Kier molecular flexibility index (Phi) is 6.46. The Morgan fingerprint density at radius 2 is 1.93 bits per heavy atom. The third-order valence-corrected chi connectivity index (χ3v) is 5.36. The molecule has 1 aromatic heterocycles. The summed E-state index contributed by atoms with van der Waals surface area (Å²) in [7, 11) is 3.38. The van der Waals surface area contributed by atoms with Crippen molar-refractivity contribution in [2.45, 2.75) is 44.7 Å². The summed E-state index contributed by atoms with van der Waals surface area (Å²) in [5.41, 5.74) is 3.34. The minimum atomic E-state index is -0.366. The minimum Gasteiger partial charge on any atom is -0.351 e. The number of hydrogen-bond acceptors (Lipinski definition) is 3. The lowest BCUT2D eigenvalue weighted by atomic mass is 9.80. The first-order valence-corrected chi connectivity index (χ1v) is 9.81. The van der Waals surface area contributed by atoms with Crippen molar-refractivity contribution in [3.63, 3.8) is 0 Å². The van der Waals surface area contributed by atoms with Gasteiger partial charge in [0.15, 0.2) is 0 Å². The first-order valence-electron chi connectivity index (χ1n) is 9.81. The number of nitrogens with zero attached hydrogens (tertiary/aromatic N) is 3. The van der Waals surface area contributed by atoms with Crippen LogP contribution in [0.2, 0.25) is 0 Å². The van der Waals surface area contributed by atoms with Crippen LogP contribution < -0.4 is 5.32 Å². The van der Waals surface area contributed by atoms with Crippen LogP contribution in [0.15, 0.2) is 36.7 Å². The third-order valence-electron chi connectivity index (χ3n) is 5.36. The van der Waals surface area contributed by atoms with Crippen molar-refractivity contribution in [2.75, 3.05) is 19.4 Å². The van der Waals surface area contributed by atoms with Crippen molar-refractivity contribution in [3.05, 3.63) is 48.0 Å². The fraction of sp³-hybridized carbons (Fsp3) is 0.409. The van der Waals surface area contributed by atoms with Crippen LogP contribution in [0.3, 0.4) is 0 Å². The molecule has 3 amide bonds. The van der Waals surface area contributed by atoms with E-state index in [9.17, 15) is 14.0 Å². The molecule has 3 heterocycles. The minimum absolute atomic E-state index is 0.0249. The summed E-state index contributed by atoms with van der Waals surface area (Å²) in [4.78, 5) is 29.3. The largest absolute Gasteiger partial charge is 0.351 e. The third kappa shape index (κ3) is 4.91. The maximum Gasteiger partial charge on any atom is 0.322 e. The van der Waals surface area contributed by atoms with Gasteiger partial charge in [0, 0.05) is 43.6 Å². The maximum absolute atomic E-state index is 13.4. The molecule has 6 nitrogen and oxygen atoms in total. The van der Waals surface area contributed by atoms with Crippen LogP contribution in [0.5, 0.6) is 0 Å². The monoisotopic (exact) mass is 398 g/mol. The fourth-order valence-corrected chi connectivity index (χ4v) is 3.89. The van der Waals surface area contributed by atoms with E-state index in [1.807, 2.05) is 30.0 Å². The number of carbonyl (C=O) groups excluding carboxylic acids is 2. The van der Waals surface area contributed by atoms with Crippen molar-refractivity contribution in [1.29, 1.82) is 0 Å². The Bertz CT molecular complexity index is 873. The van der Waals surface area contributed by atoms with Crippen LogP contribution in [-0.2, 0) is 4.79 Å². The number of aromatic nitrogens is 1. The first-order chi connectivity index (χ1) is 13.9. The van der Waals surface area contributed by atoms with Crippen LogP contribution >= 0.6 is 0 Å². The summed E-state index contributed by atoms with van der Waals surface area (Å²) in [5, 5.41) is 3.00. The molecule has 2 aromatic rings. The van der Waals surface area contributed by atoms with Crippen molar-refractivity contribution in [2.24, 2.45) is 0 Å². The number of hydrogen-bond donors (Lipinski definition) is 1. The molecule has 2 bridgehead atoms. The van der Waals surface area contributed by atoms with E-state index in [1.165, 1.54) is 23.6 Å². The predicted octanol–water partition coefficient (Wildman–Crippen LogP) is 4.06. The predicted molar refractivity (Wildman–Crippen MR) is 111 cm³/mol. The standard InChI is InChI=1S/C19H20FN3O.C3H7NO/c1-12-5-6-15(8-18(12)13-7-14(20)11-21-10-13)22-19(24)23-16-3-2-4-17(23)9-16;1-4(2)3-5/h5-8,10-11,16-17H,2-4,9H2,1H3,(H,22,24);3H,1-2H3. The van der Waals surface area contributed by atoms with Crippen LogP contribution in [-0.4, -0.2) is 53.4 Å². The number of amides is 3. The molecule has 1 N–H and O–H groups in total. The van der Waals surface area contributed by atoms with Gasteiger partial charge < -0.3 is 15.1 Å². The average Bonchev–Trinajstić information content (AvgIpc) is 2.70. The Hall–Kier alpha value is -2.96. The number of anilines is 1. The highest BCUT2D eigenvalue weighted by Gasteiger charge is 2.44. The smallest absolute Gasteiger partial charge is 0.322 e. The number of aryl methyl sites for hydroxylation is 1. The van der Waals surface area contributed by atoms with Gasteiger partial charge in [-0.25, -0.2) is 9.18 Å². The molecular formula is C22H27FN4O2. The highest BCUT2D eigenvalue weighted by molar-refractivity contribution is 5.91. The zero-order chi connectivity index (χ0) is 21.0. The number of benzene rings is 1. The van der Waals surface area contributed by atoms with E-state index in [-0.39, 0.29) is 11.8 Å². The van der Waals surface area contributed by atoms with E-state index in [0.29, 0.717) is 17.6 Å². The Balaban J connectivity index is 0.000000431. The van der Waals surface area contributed by atoms with Gasteiger partial charge in [0.25, 0.3) is 0 Å². The topological polar surface area (TPSA) is 65.5 Å². The quantitative estimate of drug-likeness (QED) is 0.793. The highest BCUT2D eigenvalue weighted by Crippen LogP contribution is 2.38. The van der Waals surface area contributed by atoms with Gasteiger partial charge in [0.1, 0.15) is 5.82 Å². The summed E-state index contributed by atoms with van der Waals surface area (Å²) >= 11 is 0. The molecule has 0 spiro atoms. The van der Waals surface area contributed by atoms with Gasteiger partial charge in [-0.3, -0.25) is 9.78 Å². The molecule has 2 saturated heterocycles. The molecule has 2 aliphatic rings. The number of urea groups is 1. The van der Waals surface area contributed by atoms with Gasteiger partial charge >= 0.3 is 6.03 Å². The van der Waals surface area contributed by atoms with Crippen molar-refractivity contribution >= 4 is 18.1 Å². The van der Waals surface area contributed by atoms with Crippen LogP contribution in [0.1, 0.15) is 31.2 Å². The summed E-state index contributed by atoms with van der Waals surface area (Å²) in [6.07, 6.45) is 8.15. The van der Waals surface area contributed by atoms with Gasteiger partial charge in [-0.2, -0.15) is 0 Å². The lowest BCUT2D eigenvalue weighted by molar-refractivity contribution is -0.115. The molecule has 2 unspecified atom stereocenters. The van der Waals surface area contributed by atoms with E-state index in [0.717, 1.165) is 42.5 Å². The number of rotatable bonds is 3. The summed E-state index contributed by atoms with van der Waals surface area (Å²) in [6.45, 7) is 1.96. The number of nitrogens with one attached hydrogen (secondary N) is 1. The molecule has 4 rings (SSSR count). The molecular weight excluding hydrogens is 371 g/mol. The molecule has 0 aliphatic carbocycles. The highest BCUT2D eigenvalue weighted by atomic mass is 19.1. The van der Waals surface area contributed by atoms with Crippen LogP contribution in [0, 0.1) is 12.7 Å². The van der Waals surface area contributed by atoms with E-state index < -0.39 is 0 Å². The molecule has 2 atom stereocenters. The van der Waals surface area contributed by atoms with Gasteiger partial charge in [-0.05, 0) is 61.9 Å². The van der Waals surface area contributed by atoms with E-state index >= 15 is 0 Å². The lowest BCUT2D eigenvalue weighted by Crippen LogP contribution is -2.62. The number of piperidine rings is 1. The summed E-state index contributed by atoms with van der Waals surface area (Å²) in [5.74, 6) is -0.366. The molecule has 7 heteroatoms. The van der Waals surface area contributed by atoms with Gasteiger partial charge in [0.05, 0.1) is 6.20 Å². The number of fused-ring (bicyclic) bond motifs is 2. The van der Waals surface area contributed by atoms with Gasteiger partial charge in [-0.15, -0.1) is 0 Å². The fourth-order valence-electron chi connectivity index (χ4n) is 3.89. The Morgan fingerprint density at radius 1 is 1.24 bits per heavy atom. The van der Waals surface area contributed by atoms with Crippen molar-refractivity contribution in [1.82, 2.24) is 14.8 Å². The molecule has 2 aliphatic heterocycles. The molecule has 0 radical (unpaired) electrons. The molecule has 154 valence electrons. The van der Waals surface area contributed by atoms with E-state index in [1.54, 1.807) is 20.3 Å². The normalized spacial score (nSPS) is 19.4. The number of halogens is 1. The second kappa shape index (κ2) is 9.03. The molecule has 29 heavy (non-hydrogen) atoms. The lowest BCUT2D eigenvalue weighted by Gasteiger charge is -2.52. The Labute approximate surface area is 170 Å². The number of carbonyl (C=O) groups is 2. The zero-order valence-electron chi connectivity index (χ0n) is 17.1. The number of pyridine rings is 1. The maximum atomic E-state index is 13.4. The van der Waals surface area contributed by atoms with Gasteiger partial charge in [-0.1, -0.05) is 6.07 Å². The van der Waals surface area contributed by atoms with Crippen LogP contribution in [0.25, 0.3) is 11.1 Å². The van der Waals surface area contributed by atoms with E-state index in [4.69, 9.17) is 0 Å². The van der Waals surface area contributed by atoms with Crippen LogP contribution in [0.4, 0.5) is 14.9 Å². The van der Waals surface area contributed by atoms with Crippen molar-refractivity contribution in [3.8, 4) is 11.1 Å². The first kappa shape index (κ1) is 20.8. The SMILES string of the molecule is CN(C)C=O.Cc1ccc(NC(=O)N2C3CCCC2C3)cc1-c1cncc(F)c1. The van der Waals surface area contributed by atoms with E-state index in [2.05, 4.69) is 10.3 Å². The molecule has 1 aromatic carbocycles. The second-order valence-corrected chi connectivity index (χ2v) is 7.80.